The SMILES string of the molecule is C=CN(C=O)CCC(=O)OC(CC)CCCCC. The molecule has 4 nitrogen and oxygen atoms in total. The largest absolute Gasteiger partial charge is 0.462 e. The number of amides is 1. The Bertz CT molecular complexity index is 245. The molecule has 0 aliphatic carbocycles. The fraction of sp³-hybridized carbons (Fsp3) is 0.714. The summed E-state index contributed by atoms with van der Waals surface area (Å²) in [6.07, 6.45) is 7.48. The molecular formula is C14H25NO3. The van der Waals surface area contributed by atoms with Gasteiger partial charge in [-0.2, -0.15) is 0 Å². The van der Waals surface area contributed by atoms with Gasteiger partial charge in [-0.1, -0.05) is 33.3 Å². The zero-order valence-corrected chi connectivity index (χ0v) is 11.6. The highest BCUT2D eigenvalue weighted by atomic mass is 16.5. The first kappa shape index (κ1) is 16.7. The molecule has 0 bridgehead atoms. The van der Waals surface area contributed by atoms with E-state index in [9.17, 15) is 9.59 Å². The minimum Gasteiger partial charge on any atom is -0.462 e. The number of nitrogens with zero attached hydrogens (tertiary/aromatic N) is 1. The second kappa shape index (κ2) is 10.8. The van der Waals surface area contributed by atoms with Crippen LogP contribution in [0.2, 0.25) is 0 Å². The van der Waals surface area contributed by atoms with E-state index >= 15 is 0 Å². The Labute approximate surface area is 110 Å². The monoisotopic (exact) mass is 255 g/mol. The van der Waals surface area contributed by atoms with E-state index in [1.807, 2.05) is 6.92 Å². The lowest BCUT2D eigenvalue weighted by molar-refractivity contribution is -0.149. The molecule has 1 unspecified atom stereocenters. The average Bonchev–Trinajstić information content (AvgIpc) is 2.39. The second-order valence-electron chi connectivity index (χ2n) is 4.29. The molecule has 0 spiro atoms. The molecule has 0 N–H and O–H groups in total. The third kappa shape index (κ3) is 7.87. The zero-order valence-electron chi connectivity index (χ0n) is 11.6. The third-order valence-electron chi connectivity index (χ3n) is 2.83. The van der Waals surface area contributed by atoms with Crippen LogP contribution in [0, 0.1) is 0 Å². The quantitative estimate of drug-likeness (QED) is 0.324. The first-order chi connectivity index (χ1) is 8.67. The predicted molar refractivity (Wildman–Crippen MR) is 71.9 cm³/mol. The van der Waals surface area contributed by atoms with E-state index in [-0.39, 0.29) is 18.5 Å². The van der Waals surface area contributed by atoms with Crippen LogP contribution in [-0.4, -0.2) is 29.9 Å². The Morgan fingerprint density at radius 3 is 2.61 bits per heavy atom. The molecule has 0 aromatic carbocycles. The summed E-state index contributed by atoms with van der Waals surface area (Å²) in [5.41, 5.74) is 0. The van der Waals surface area contributed by atoms with Crippen molar-refractivity contribution in [2.24, 2.45) is 0 Å². The standard InChI is InChI=1S/C14H25NO3/c1-4-7-8-9-13(5-2)18-14(17)10-11-15(6-3)12-16/h6,12-13H,3-5,7-11H2,1-2H3. The minimum absolute atomic E-state index is 0.0115. The molecule has 0 rings (SSSR count). The number of carbonyl (C=O) groups is 2. The maximum Gasteiger partial charge on any atom is 0.307 e. The van der Waals surface area contributed by atoms with Gasteiger partial charge in [0.05, 0.1) is 6.42 Å². The Balaban J connectivity index is 3.88. The van der Waals surface area contributed by atoms with Crippen molar-refractivity contribution in [1.82, 2.24) is 4.90 Å². The summed E-state index contributed by atoms with van der Waals surface area (Å²) in [7, 11) is 0. The normalized spacial score (nSPS) is 11.7. The van der Waals surface area contributed by atoms with Crippen molar-refractivity contribution in [3.63, 3.8) is 0 Å². The Kier molecular flexibility index (Phi) is 10.0. The van der Waals surface area contributed by atoms with Crippen LogP contribution in [0.3, 0.4) is 0 Å². The smallest absolute Gasteiger partial charge is 0.307 e. The maximum absolute atomic E-state index is 11.6. The number of ether oxygens (including phenoxy) is 1. The van der Waals surface area contributed by atoms with Crippen molar-refractivity contribution in [1.29, 1.82) is 0 Å². The first-order valence-corrected chi connectivity index (χ1v) is 6.70. The number of unbranched alkanes of at least 4 members (excludes halogenated alkanes) is 2. The lowest BCUT2D eigenvalue weighted by atomic mass is 10.1. The van der Waals surface area contributed by atoms with Gasteiger partial charge in [0.15, 0.2) is 0 Å². The molecule has 0 aliphatic rings. The minimum atomic E-state index is -0.243. The summed E-state index contributed by atoms with van der Waals surface area (Å²) < 4.78 is 5.37. The summed E-state index contributed by atoms with van der Waals surface area (Å²) in [4.78, 5) is 23.4. The van der Waals surface area contributed by atoms with Gasteiger partial charge in [-0.15, -0.1) is 0 Å². The summed E-state index contributed by atoms with van der Waals surface area (Å²) in [6.45, 7) is 7.98. The molecule has 0 aromatic heterocycles. The fourth-order valence-corrected chi connectivity index (χ4v) is 1.62. The fourth-order valence-electron chi connectivity index (χ4n) is 1.62. The topological polar surface area (TPSA) is 46.6 Å². The molecule has 4 heteroatoms. The van der Waals surface area contributed by atoms with Crippen molar-refractivity contribution in [3.8, 4) is 0 Å². The highest BCUT2D eigenvalue weighted by Gasteiger charge is 2.12. The number of hydrogen-bond acceptors (Lipinski definition) is 3. The van der Waals surface area contributed by atoms with Crippen LogP contribution < -0.4 is 0 Å². The van der Waals surface area contributed by atoms with E-state index in [1.54, 1.807) is 0 Å². The summed E-state index contributed by atoms with van der Waals surface area (Å²) in [5.74, 6) is -0.243. The van der Waals surface area contributed by atoms with E-state index in [2.05, 4.69) is 13.5 Å². The van der Waals surface area contributed by atoms with Crippen LogP contribution >= 0.6 is 0 Å². The van der Waals surface area contributed by atoms with Crippen LogP contribution in [0.15, 0.2) is 12.8 Å². The van der Waals surface area contributed by atoms with E-state index < -0.39 is 0 Å². The molecule has 1 amide bonds. The highest BCUT2D eigenvalue weighted by molar-refractivity contribution is 5.70. The Morgan fingerprint density at radius 1 is 1.39 bits per heavy atom. The van der Waals surface area contributed by atoms with Gasteiger partial charge in [0, 0.05) is 6.54 Å². The molecule has 18 heavy (non-hydrogen) atoms. The first-order valence-electron chi connectivity index (χ1n) is 6.70. The molecule has 104 valence electrons. The average molecular weight is 255 g/mol. The summed E-state index contributed by atoms with van der Waals surface area (Å²) in [6, 6.07) is 0. The third-order valence-corrected chi connectivity index (χ3v) is 2.83. The summed E-state index contributed by atoms with van der Waals surface area (Å²) >= 11 is 0. The van der Waals surface area contributed by atoms with Crippen molar-refractivity contribution in [2.45, 2.75) is 58.5 Å². The van der Waals surface area contributed by atoms with Crippen molar-refractivity contribution in [2.75, 3.05) is 6.54 Å². The molecular weight excluding hydrogens is 230 g/mol. The van der Waals surface area contributed by atoms with E-state index in [0.29, 0.717) is 13.0 Å². The molecule has 0 saturated heterocycles. The van der Waals surface area contributed by atoms with Gasteiger partial charge >= 0.3 is 5.97 Å². The lowest BCUT2D eigenvalue weighted by Gasteiger charge is -2.17. The molecule has 0 aromatic rings. The predicted octanol–water partition coefficient (Wildman–Crippen LogP) is 2.88. The second-order valence-corrected chi connectivity index (χ2v) is 4.29. The van der Waals surface area contributed by atoms with Crippen LogP contribution in [0.1, 0.15) is 52.4 Å². The highest BCUT2D eigenvalue weighted by Crippen LogP contribution is 2.11. The Hall–Kier alpha value is -1.32. The van der Waals surface area contributed by atoms with Crippen LogP contribution in [0.25, 0.3) is 0 Å². The lowest BCUT2D eigenvalue weighted by Crippen LogP contribution is -2.23. The van der Waals surface area contributed by atoms with Crippen LogP contribution in [-0.2, 0) is 14.3 Å². The van der Waals surface area contributed by atoms with Gasteiger partial charge in [0.2, 0.25) is 6.41 Å². The number of esters is 1. The summed E-state index contributed by atoms with van der Waals surface area (Å²) in [5, 5.41) is 0. The van der Waals surface area contributed by atoms with Crippen molar-refractivity contribution >= 4 is 12.4 Å². The van der Waals surface area contributed by atoms with Crippen LogP contribution in [0.5, 0.6) is 0 Å². The van der Waals surface area contributed by atoms with Crippen molar-refractivity contribution in [3.05, 3.63) is 12.8 Å². The molecule has 0 heterocycles. The van der Waals surface area contributed by atoms with Gasteiger partial charge in [-0.25, -0.2) is 0 Å². The van der Waals surface area contributed by atoms with E-state index in [1.165, 1.54) is 17.5 Å². The molecule has 0 aliphatic heterocycles. The van der Waals surface area contributed by atoms with Gasteiger partial charge < -0.3 is 9.64 Å². The van der Waals surface area contributed by atoms with Gasteiger partial charge in [-0.3, -0.25) is 9.59 Å². The van der Waals surface area contributed by atoms with Gasteiger partial charge in [0.1, 0.15) is 6.10 Å². The molecule has 0 saturated carbocycles. The number of carbonyl (C=O) groups excluding carboxylic acids is 2. The molecule has 0 fully saturated rings. The zero-order chi connectivity index (χ0) is 13.8. The van der Waals surface area contributed by atoms with E-state index in [0.717, 1.165) is 25.7 Å². The van der Waals surface area contributed by atoms with Gasteiger partial charge in [-0.05, 0) is 25.5 Å². The van der Waals surface area contributed by atoms with E-state index in [4.69, 9.17) is 4.74 Å². The Morgan fingerprint density at radius 2 is 2.11 bits per heavy atom. The maximum atomic E-state index is 11.6. The van der Waals surface area contributed by atoms with Crippen molar-refractivity contribution < 1.29 is 14.3 Å². The van der Waals surface area contributed by atoms with Gasteiger partial charge in [0.25, 0.3) is 0 Å². The number of rotatable bonds is 11. The van der Waals surface area contributed by atoms with Crippen LogP contribution in [0.4, 0.5) is 0 Å². The molecule has 0 radical (unpaired) electrons. The number of hydrogen-bond donors (Lipinski definition) is 0. The molecule has 1 atom stereocenters.